The highest BCUT2D eigenvalue weighted by molar-refractivity contribution is 9.10. The molecule has 0 heterocycles. The van der Waals surface area contributed by atoms with Crippen LogP contribution in [0.3, 0.4) is 0 Å². The quantitative estimate of drug-likeness (QED) is 0.684. The van der Waals surface area contributed by atoms with E-state index >= 15 is 0 Å². The molecular weight excluding hydrogens is 188 g/mol. The van der Waals surface area contributed by atoms with E-state index in [1.54, 1.807) is 0 Å². The Hall–Kier alpha value is -0.300. The molecule has 10 heavy (non-hydrogen) atoms. The average molecular weight is 198 g/mol. The zero-order chi connectivity index (χ0) is 7.40. The lowest BCUT2D eigenvalue weighted by molar-refractivity contribution is 1.13. The number of halogens is 1. The summed E-state index contributed by atoms with van der Waals surface area (Å²) in [4.78, 5) is 0. The second-order valence-corrected chi connectivity index (χ2v) is 3.06. The van der Waals surface area contributed by atoms with Crippen molar-refractivity contribution in [3.05, 3.63) is 40.7 Å². The van der Waals surface area contributed by atoms with Gasteiger partial charge in [-0.2, -0.15) is 0 Å². The molecule has 1 rings (SSSR count). The van der Waals surface area contributed by atoms with E-state index < -0.39 is 0 Å². The van der Waals surface area contributed by atoms with Gasteiger partial charge in [-0.1, -0.05) is 41.1 Å². The minimum atomic E-state index is 1.04. The van der Waals surface area contributed by atoms with Crippen LogP contribution in [0, 0.1) is 6.42 Å². The Morgan fingerprint density at radius 3 is 2.70 bits per heavy atom. The Morgan fingerprint density at radius 1 is 1.40 bits per heavy atom. The summed E-state index contributed by atoms with van der Waals surface area (Å²) in [5.41, 5.74) is 1.35. The third kappa shape index (κ3) is 1.84. The fourth-order valence-corrected chi connectivity index (χ4v) is 1.33. The molecule has 0 nitrogen and oxygen atoms in total. The monoisotopic (exact) mass is 197 g/mol. The lowest BCUT2D eigenvalue weighted by Gasteiger charge is -1.99. The smallest absolute Gasteiger partial charge is 0.0207 e. The second-order valence-electron chi connectivity index (χ2n) is 2.20. The third-order valence-corrected chi connectivity index (χ3v) is 2.16. The van der Waals surface area contributed by atoms with Crippen LogP contribution >= 0.6 is 15.9 Å². The first-order valence-corrected chi connectivity index (χ1v) is 4.15. The molecule has 1 aromatic carbocycles. The first-order valence-electron chi connectivity index (χ1n) is 3.36. The third-order valence-electron chi connectivity index (χ3n) is 1.38. The van der Waals surface area contributed by atoms with Crippen LogP contribution in [-0.4, -0.2) is 0 Å². The molecule has 0 aliphatic carbocycles. The van der Waals surface area contributed by atoms with Crippen molar-refractivity contribution in [2.75, 3.05) is 0 Å². The van der Waals surface area contributed by atoms with E-state index in [1.165, 1.54) is 10.0 Å². The van der Waals surface area contributed by atoms with Crippen LogP contribution in [0.5, 0.6) is 0 Å². The van der Waals surface area contributed by atoms with E-state index in [1.807, 2.05) is 6.07 Å². The van der Waals surface area contributed by atoms with Crippen LogP contribution in [0.1, 0.15) is 12.5 Å². The molecule has 0 N–H and O–H groups in total. The molecule has 0 spiro atoms. The molecule has 0 unspecified atom stereocenters. The molecule has 0 aliphatic rings. The van der Waals surface area contributed by atoms with Crippen molar-refractivity contribution in [2.24, 2.45) is 0 Å². The molecule has 0 bridgehead atoms. The zero-order valence-electron chi connectivity index (χ0n) is 5.97. The van der Waals surface area contributed by atoms with Gasteiger partial charge >= 0.3 is 0 Å². The topological polar surface area (TPSA) is 0 Å². The maximum Gasteiger partial charge on any atom is 0.0207 e. The van der Waals surface area contributed by atoms with Crippen molar-refractivity contribution >= 4 is 15.9 Å². The van der Waals surface area contributed by atoms with Crippen molar-refractivity contribution in [3.63, 3.8) is 0 Å². The molecule has 0 aliphatic heterocycles. The molecule has 0 saturated heterocycles. The summed E-state index contributed by atoms with van der Waals surface area (Å²) >= 11 is 3.48. The first-order chi connectivity index (χ1) is 4.84. The fraction of sp³-hybridized carbons (Fsp3) is 0.222. The summed E-state index contributed by atoms with van der Waals surface area (Å²) in [7, 11) is 0. The molecule has 1 aromatic rings. The van der Waals surface area contributed by atoms with Gasteiger partial charge in [0.1, 0.15) is 0 Å². The predicted octanol–water partition coefficient (Wildman–Crippen LogP) is 3.22. The summed E-state index contributed by atoms with van der Waals surface area (Å²) in [6.45, 7) is 2.07. The normalized spacial score (nSPS) is 9.80. The van der Waals surface area contributed by atoms with Crippen LogP contribution in [-0.2, 0) is 6.42 Å². The lowest BCUT2D eigenvalue weighted by Crippen LogP contribution is -1.83. The van der Waals surface area contributed by atoms with E-state index in [0.29, 0.717) is 0 Å². The molecule has 0 amide bonds. The molecule has 0 fully saturated rings. The van der Waals surface area contributed by atoms with Gasteiger partial charge in [0, 0.05) is 4.47 Å². The number of hydrogen-bond donors (Lipinski definition) is 0. The van der Waals surface area contributed by atoms with E-state index in [0.717, 1.165) is 6.42 Å². The molecule has 53 valence electrons. The van der Waals surface area contributed by atoms with Crippen molar-refractivity contribution in [3.8, 4) is 0 Å². The molecule has 1 heteroatoms. The summed E-state index contributed by atoms with van der Waals surface area (Å²) < 4.78 is 1.20. The van der Waals surface area contributed by atoms with E-state index in [4.69, 9.17) is 0 Å². The summed E-state index contributed by atoms with van der Waals surface area (Å²) in [6, 6.07) is 8.29. The van der Waals surface area contributed by atoms with Gasteiger partial charge in [0.15, 0.2) is 0 Å². The molecular formula is C9H10Br. The average Bonchev–Trinajstić information content (AvgIpc) is 1.94. The van der Waals surface area contributed by atoms with Gasteiger partial charge in [-0.05, 0) is 24.5 Å². The maximum atomic E-state index is 3.48. The minimum Gasteiger partial charge on any atom is -0.0619 e. The highest BCUT2D eigenvalue weighted by Gasteiger charge is 1.94. The van der Waals surface area contributed by atoms with Crippen molar-refractivity contribution in [1.29, 1.82) is 0 Å². The van der Waals surface area contributed by atoms with Gasteiger partial charge in [0.25, 0.3) is 0 Å². The van der Waals surface area contributed by atoms with Gasteiger partial charge in [-0.25, -0.2) is 0 Å². The molecule has 0 aromatic heterocycles. The fourth-order valence-electron chi connectivity index (χ4n) is 0.884. The SMILES string of the molecule is C[CH]Cc1ccccc1Br. The summed E-state index contributed by atoms with van der Waals surface area (Å²) in [5, 5.41) is 0. The van der Waals surface area contributed by atoms with Crippen molar-refractivity contribution < 1.29 is 0 Å². The van der Waals surface area contributed by atoms with Crippen molar-refractivity contribution in [1.82, 2.24) is 0 Å². The van der Waals surface area contributed by atoms with Crippen LogP contribution in [0.15, 0.2) is 28.7 Å². The Morgan fingerprint density at radius 2 is 2.10 bits per heavy atom. The van der Waals surface area contributed by atoms with E-state index in [2.05, 4.69) is 47.5 Å². The van der Waals surface area contributed by atoms with E-state index in [-0.39, 0.29) is 0 Å². The predicted molar refractivity (Wildman–Crippen MR) is 47.8 cm³/mol. The second kappa shape index (κ2) is 3.77. The number of hydrogen-bond acceptors (Lipinski definition) is 0. The maximum absolute atomic E-state index is 3.48. The zero-order valence-corrected chi connectivity index (χ0v) is 7.56. The van der Waals surface area contributed by atoms with Crippen LogP contribution in [0.4, 0.5) is 0 Å². The van der Waals surface area contributed by atoms with Gasteiger partial charge in [-0.3, -0.25) is 0 Å². The Labute approximate surface area is 70.4 Å². The minimum absolute atomic E-state index is 1.04. The standard InChI is InChI=1S/C9H10Br/c1-2-5-8-6-3-4-7-9(8)10/h2-4,6-7H,5H2,1H3. The summed E-state index contributed by atoms with van der Waals surface area (Å²) in [6.07, 6.45) is 3.20. The van der Waals surface area contributed by atoms with Gasteiger partial charge in [0.05, 0.1) is 0 Å². The van der Waals surface area contributed by atoms with Gasteiger partial charge in [0.2, 0.25) is 0 Å². The van der Waals surface area contributed by atoms with Gasteiger partial charge in [-0.15, -0.1) is 0 Å². The first kappa shape index (κ1) is 7.80. The Bertz CT molecular complexity index is 206. The number of rotatable bonds is 2. The number of benzene rings is 1. The highest BCUT2D eigenvalue weighted by atomic mass is 79.9. The van der Waals surface area contributed by atoms with Crippen LogP contribution < -0.4 is 0 Å². The lowest BCUT2D eigenvalue weighted by atomic mass is 10.1. The van der Waals surface area contributed by atoms with E-state index in [9.17, 15) is 0 Å². The largest absolute Gasteiger partial charge is 0.0619 e. The Balaban J connectivity index is 2.81. The highest BCUT2D eigenvalue weighted by Crippen LogP contribution is 2.16. The summed E-state index contributed by atoms with van der Waals surface area (Å²) in [5.74, 6) is 0. The molecule has 0 saturated carbocycles. The van der Waals surface area contributed by atoms with Gasteiger partial charge < -0.3 is 0 Å². The van der Waals surface area contributed by atoms with Crippen LogP contribution in [0.25, 0.3) is 0 Å². The van der Waals surface area contributed by atoms with Crippen LogP contribution in [0.2, 0.25) is 0 Å². The van der Waals surface area contributed by atoms with Crippen molar-refractivity contribution in [2.45, 2.75) is 13.3 Å². The molecule has 0 atom stereocenters. The molecule has 1 radical (unpaired) electrons. The Kier molecular flexibility index (Phi) is 2.94.